The number of ether oxygens (including phenoxy) is 2. The molecule has 2 amide bonds. The molecule has 0 spiro atoms. The van der Waals surface area contributed by atoms with E-state index in [9.17, 15) is 14.4 Å². The number of aliphatic carboxylic acids is 1. The summed E-state index contributed by atoms with van der Waals surface area (Å²) in [6.07, 6.45) is 0. The van der Waals surface area contributed by atoms with Gasteiger partial charge in [0.05, 0.1) is 14.2 Å². The average molecular weight is 475 g/mol. The zero-order valence-corrected chi connectivity index (χ0v) is 20.3. The standard InChI is InChI=1S/2C3H7NO.C3H6O2.2C2H4O2.C2H6.CH4.Y/c2*1-3(5)4-2;1-3(4)5-2;1-4-2-3;1-2(3)4;1-2;;/h2*1-2H3,(H,4,5);1-2H3;2H,1H3;1H3,(H,3,4);1-2H3;1H4;. The molecule has 0 rings (SSSR count). The van der Waals surface area contributed by atoms with Crippen LogP contribution in [-0.4, -0.2) is 63.6 Å². The summed E-state index contributed by atoms with van der Waals surface area (Å²) in [5.41, 5.74) is 0. The molecule has 0 aromatic heterocycles. The molecule has 0 aliphatic heterocycles. The minimum absolute atomic E-state index is 0. The van der Waals surface area contributed by atoms with Crippen LogP contribution in [0.25, 0.3) is 0 Å². The summed E-state index contributed by atoms with van der Waals surface area (Å²) in [6.45, 7) is 9.76. The number of amides is 2. The Balaban J connectivity index is -0.0000000268. The Morgan fingerprint density at radius 1 is 0.852 bits per heavy atom. The summed E-state index contributed by atoms with van der Waals surface area (Å²) in [4.78, 5) is 46.9. The molecule has 11 heteroatoms. The van der Waals surface area contributed by atoms with Crippen LogP contribution in [0, 0.1) is 0 Å². The number of rotatable bonds is 1. The Hall–Kier alpha value is -1.55. The molecular weight excluding hydrogens is 437 g/mol. The maximum atomic E-state index is 9.70. The molecule has 163 valence electrons. The number of hydrogen-bond donors (Lipinski definition) is 3. The van der Waals surface area contributed by atoms with Crippen molar-refractivity contribution in [2.75, 3.05) is 28.3 Å². The third kappa shape index (κ3) is 414. The monoisotopic (exact) mass is 475 g/mol. The summed E-state index contributed by atoms with van der Waals surface area (Å²) >= 11 is 0. The Bertz CT molecular complexity index is 290. The Labute approximate surface area is 189 Å². The van der Waals surface area contributed by atoms with Crippen LogP contribution >= 0.6 is 0 Å². The quantitative estimate of drug-likeness (QED) is 0.379. The SMILES string of the molecule is C.CC.CC(=O)O.CNC(C)=O.CNC(C)=O.COC(C)=O.COC=O.[Y]. The van der Waals surface area contributed by atoms with E-state index >= 15 is 0 Å². The summed E-state index contributed by atoms with van der Waals surface area (Å²) in [6, 6.07) is 0. The molecule has 0 bridgehead atoms. The van der Waals surface area contributed by atoms with Crippen LogP contribution in [0.1, 0.15) is 49.0 Å². The molecule has 0 unspecified atom stereocenters. The maximum Gasteiger partial charge on any atom is 0.302 e. The zero-order valence-electron chi connectivity index (χ0n) is 17.5. The third-order valence-corrected chi connectivity index (χ3v) is 1.09. The van der Waals surface area contributed by atoms with Crippen molar-refractivity contribution < 1.29 is 71.3 Å². The molecule has 0 saturated heterocycles. The van der Waals surface area contributed by atoms with E-state index in [1.807, 2.05) is 13.8 Å². The average Bonchev–Trinajstić information content (AvgIpc) is 2.57. The summed E-state index contributed by atoms with van der Waals surface area (Å²) in [5, 5.41) is 12.2. The molecular formula is C16H38N2O8Y. The van der Waals surface area contributed by atoms with Crippen molar-refractivity contribution in [1.82, 2.24) is 10.6 Å². The second-order valence-corrected chi connectivity index (χ2v) is 3.16. The number of nitrogens with one attached hydrogen (secondary N) is 2. The molecule has 27 heavy (non-hydrogen) atoms. The van der Waals surface area contributed by atoms with Gasteiger partial charge in [0, 0.05) is 74.5 Å². The van der Waals surface area contributed by atoms with Crippen LogP contribution in [0.15, 0.2) is 0 Å². The molecule has 0 fully saturated rings. The van der Waals surface area contributed by atoms with E-state index in [4.69, 9.17) is 14.7 Å². The number of carbonyl (C=O) groups excluding carboxylic acids is 4. The molecule has 0 saturated carbocycles. The van der Waals surface area contributed by atoms with Gasteiger partial charge in [-0.15, -0.1) is 0 Å². The van der Waals surface area contributed by atoms with Gasteiger partial charge in [0.15, 0.2) is 0 Å². The fourth-order valence-electron chi connectivity index (χ4n) is 0. The molecule has 0 aromatic rings. The normalized spacial score (nSPS) is 5.70. The minimum Gasteiger partial charge on any atom is -0.481 e. The van der Waals surface area contributed by atoms with Gasteiger partial charge in [0.2, 0.25) is 11.8 Å². The second kappa shape index (κ2) is 56.3. The van der Waals surface area contributed by atoms with Crippen LogP contribution in [0.2, 0.25) is 0 Å². The topological polar surface area (TPSA) is 148 Å². The van der Waals surface area contributed by atoms with Crippen LogP contribution in [0.4, 0.5) is 0 Å². The first-order valence-electron chi connectivity index (χ1n) is 7.03. The van der Waals surface area contributed by atoms with Gasteiger partial charge in [-0.3, -0.25) is 24.0 Å². The van der Waals surface area contributed by atoms with E-state index < -0.39 is 5.97 Å². The third-order valence-electron chi connectivity index (χ3n) is 1.09. The molecule has 0 aliphatic rings. The molecule has 0 heterocycles. The Kier molecular flexibility index (Phi) is 104. The first-order chi connectivity index (χ1) is 11.5. The van der Waals surface area contributed by atoms with Gasteiger partial charge in [-0.1, -0.05) is 21.3 Å². The molecule has 0 aliphatic carbocycles. The Morgan fingerprint density at radius 3 is 0.963 bits per heavy atom. The molecule has 3 N–H and O–H groups in total. The predicted octanol–water partition coefficient (Wildman–Crippen LogP) is 1.22. The van der Waals surface area contributed by atoms with E-state index in [1.54, 1.807) is 14.1 Å². The van der Waals surface area contributed by atoms with Crippen LogP contribution in [-0.2, 0) is 66.2 Å². The number of hydrogen-bond acceptors (Lipinski definition) is 7. The van der Waals surface area contributed by atoms with Crippen LogP contribution < -0.4 is 10.6 Å². The number of esters is 1. The first kappa shape index (κ1) is 50.0. The van der Waals surface area contributed by atoms with Crippen molar-refractivity contribution in [2.24, 2.45) is 0 Å². The summed E-state index contributed by atoms with van der Waals surface area (Å²) in [5.74, 6) is -1.07. The van der Waals surface area contributed by atoms with E-state index in [0.29, 0.717) is 6.47 Å². The molecule has 0 atom stereocenters. The van der Waals surface area contributed by atoms with Crippen molar-refractivity contribution >= 4 is 30.2 Å². The van der Waals surface area contributed by atoms with E-state index in [-0.39, 0.29) is 57.9 Å². The smallest absolute Gasteiger partial charge is 0.302 e. The Morgan fingerprint density at radius 2 is 0.963 bits per heavy atom. The second-order valence-electron chi connectivity index (χ2n) is 3.16. The fourth-order valence-corrected chi connectivity index (χ4v) is 0. The molecule has 10 nitrogen and oxygen atoms in total. The molecule has 1 radical (unpaired) electrons. The van der Waals surface area contributed by atoms with Crippen molar-refractivity contribution in [3.63, 3.8) is 0 Å². The van der Waals surface area contributed by atoms with Gasteiger partial charge in [0.25, 0.3) is 12.4 Å². The van der Waals surface area contributed by atoms with Crippen LogP contribution in [0.5, 0.6) is 0 Å². The number of carboxylic acids is 1. The summed E-state index contributed by atoms with van der Waals surface area (Å²) in [7, 11) is 5.86. The fraction of sp³-hybridized carbons (Fsp3) is 0.688. The maximum absolute atomic E-state index is 9.70. The first-order valence-corrected chi connectivity index (χ1v) is 7.03. The van der Waals surface area contributed by atoms with Crippen molar-refractivity contribution in [2.45, 2.75) is 49.0 Å². The van der Waals surface area contributed by atoms with Gasteiger partial charge < -0.3 is 25.2 Å². The number of carboxylic acid groups (broad SMARTS) is 1. The van der Waals surface area contributed by atoms with Gasteiger partial charge >= 0.3 is 5.97 Å². The van der Waals surface area contributed by atoms with Gasteiger partial charge in [0.1, 0.15) is 0 Å². The minimum atomic E-state index is -0.833. The molecule has 0 aromatic carbocycles. The van der Waals surface area contributed by atoms with Gasteiger partial charge in [-0.25, -0.2) is 0 Å². The van der Waals surface area contributed by atoms with Crippen molar-refractivity contribution in [3.05, 3.63) is 0 Å². The van der Waals surface area contributed by atoms with Gasteiger partial charge in [-0.2, -0.15) is 0 Å². The van der Waals surface area contributed by atoms with E-state index in [0.717, 1.165) is 6.92 Å². The van der Waals surface area contributed by atoms with Gasteiger partial charge in [-0.05, 0) is 0 Å². The van der Waals surface area contributed by atoms with Crippen molar-refractivity contribution in [3.8, 4) is 0 Å². The summed E-state index contributed by atoms with van der Waals surface area (Å²) < 4.78 is 7.97. The number of carbonyl (C=O) groups is 5. The number of methoxy groups -OCH3 is 2. The van der Waals surface area contributed by atoms with E-state index in [2.05, 4.69) is 20.1 Å². The van der Waals surface area contributed by atoms with Crippen molar-refractivity contribution in [1.29, 1.82) is 0 Å². The van der Waals surface area contributed by atoms with E-state index in [1.165, 1.54) is 35.0 Å². The largest absolute Gasteiger partial charge is 0.481 e. The van der Waals surface area contributed by atoms with Crippen LogP contribution in [0.3, 0.4) is 0 Å². The predicted molar refractivity (Wildman–Crippen MR) is 102 cm³/mol. The zero-order chi connectivity index (χ0) is 21.8.